The fourth-order valence-corrected chi connectivity index (χ4v) is 4.15. The molecule has 2 heterocycles. The normalized spacial score (nSPS) is 21.8. The van der Waals surface area contributed by atoms with Crippen molar-refractivity contribution in [3.63, 3.8) is 0 Å². The van der Waals surface area contributed by atoms with Crippen LogP contribution in [0.3, 0.4) is 0 Å². The van der Waals surface area contributed by atoms with E-state index in [0.717, 1.165) is 30.6 Å². The SMILES string of the molecule is COC(=O)c1cncn1C1CC2(CCCCC2)Oc2ccccc21. The number of aromatic nitrogens is 2. The molecule has 4 rings (SSSR count). The number of para-hydroxylation sites is 1. The molecule has 1 fully saturated rings. The van der Waals surface area contributed by atoms with Gasteiger partial charge in [-0.3, -0.25) is 0 Å². The molecule has 126 valence electrons. The van der Waals surface area contributed by atoms with E-state index in [1.807, 2.05) is 22.8 Å². The van der Waals surface area contributed by atoms with Gasteiger partial charge in [-0.15, -0.1) is 0 Å². The minimum Gasteiger partial charge on any atom is -0.487 e. The van der Waals surface area contributed by atoms with Crippen LogP contribution in [0.2, 0.25) is 0 Å². The second-order valence-corrected chi connectivity index (χ2v) is 6.78. The lowest BCUT2D eigenvalue weighted by molar-refractivity contribution is -0.00267. The van der Waals surface area contributed by atoms with E-state index in [0.29, 0.717) is 5.69 Å². The zero-order chi connectivity index (χ0) is 16.6. The topological polar surface area (TPSA) is 53.3 Å². The molecule has 1 atom stereocenters. The Kier molecular flexibility index (Phi) is 3.79. The number of rotatable bonds is 2. The van der Waals surface area contributed by atoms with Gasteiger partial charge >= 0.3 is 5.97 Å². The van der Waals surface area contributed by atoms with Gasteiger partial charge in [-0.1, -0.05) is 24.6 Å². The first-order chi connectivity index (χ1) is 11.7. The number of carbonyl (C=O) groups is 1. The van der Waals surface area contributed by atoms with Crippen molar-refractivity contribution in [3.8, 4) is 5.75 Å². The highest BCUT2D eigenvalue weighted by atomic mass is 16.5. The van der Waals surface area contributed by atoms with Crippen LogP contribution in [0.25, 0.3) is 0 Å². The molecule has 1 aromatic carbocycles. The average molecular weight is 326 g/mol. The predicted molar refractivity (Wildman–Crippen MR) is 89.2 cm³/mol. The number of benzene rings is 1. The maximum Gasteiger partial charge on any atom is 0.356 e. The Bertz CT molecular complexity index is 747. The number of nitrogens with zero attached hydrogens (tertiary/aromatic N) is 2. The zero-order valence-corrected chi connectivity index (χ0v) is 13.9. The average Bonchev–Trinajstić information content (AvgIpc) is 3.10. The lowest BCUT2D eigenvalue weighted by atomic mass is 9.77. The van der Waals surface area contributed by atoms with Crippen LogP contribution in [0.5, 0.6) is 5.75 Å². The number of fused-ring (bicyclic) bond motifs is 1. The van der Waals surface area contributed by atoms with Crippen LogP contribution < -0.4 is 4.74 Å². The van der Waals surface area contributed by atoms with Gasteiger partial charge in [0.1, 0.15) is 17.0 Å². The summed E-state index contributed by atoms with van der Waals surface area (Å²) in [6, 6.07) is 8.18. The van der Waals surface area contributed by atoms with Gasteiger partial charge < -0.3 is 14.0 Å². The third-order valence-electron chi connectivity index (χ3n) is 5.33. The van der Waals surface area contributed by atoms with E-state index >= 15 is 0 Å². The Labute approximate surface area is 141 Å². The summed E-state index contributed by atoms with van der Waals surface area (Å²) in [4.78, 5) is 16.3. The second-order valence-electron chi connectivity index (χ2n) is 6.78. The van der Waals surface area contributed by atoms with Crippen molar-refractivity contribution in [1.29, 1.82) is 0 Å². The van der Waals surface area contributed by atoms with Gasteiger partial charge in [-0.05, 0) is 31.7 Å². The van der Waals surface area contributed by atoms with E-state index in [-0.39, 0.29) is 17.6 Å². The molecule has 2 aromatic rings. The summed E-state index contributed by atoms with van der Waals surface area (Å²) in [5.74, 6) is 0.578. The van der Waals surface area contributed by atoms with Crippen LogP contribution in [-0.2, 0) is 4.74 Å². The first-order valence-electron chi connectivity index (χ1n) is 8.60. The van der Waals surface area contributed by atoms with E-state index in [4.69, 9.17) is 9.47 Å². The molecule has 1 aromatic heterocycles. The quantitative estimate of drug-likeness (QED) is 0.789. The number of carbonyl (C=O) groups excluding carboxylic acids is 1. The van der Waals surface area contributed by atoms with Gasteiger partial charge in [-0.25, -0.2) is 9.78 Å². The van der Waals surface area contributed by atoms with E-state index < -0.39 is 0 Å². The summed E-state index contributed by atoms with van der Waals surface area (Å²) in [5, 5.41) is 0. The van der Waals surface area contributed by atoms with Gasteiger partial charge in [-0.2, -0.15) is 0 Å². The van der Waals surface area contributed by atoms with E-state index in [1.165, 1.54) is 26.4 Å². The molecular formula is C19H22N2O3. The summed E-state index contributed by atoms with van der Waals surface area (Å²) in [6.45, 7) is 0. The number of imidazole rings is 1. The minimum atomic E-state index is -0.353. The van der Waals surface area contributed by atoms with Crippen LogP contribution >= 0.6 is 0 Å². The van der Waals surface area contributed by atoms with Crippen LogP contribution in [0.15, 0.2) is 36.8 Å². The Morgan fingerprint density at radius 3 is 2.88 bits per heavy atom. The van der Waals surface area contributed by atoms with Crippen LogP contribution in [0, 0.1) is 0 Å². The van der Waals surface area contributed by atoms with Crippen molar-refractivity contribution in [2.75, 3.05) is 7.11 Å². The third-order valence-corrected chi connectivity index (χ3v) is 5.33. The Balaban J connectivity index is 1.79. The van der Waals surface area contributed by atoms with Crippen LogP contribution in [0.1, 0.15) is 60.6 Å². The summed E-state index contributed by atoms with van der Waals surface area (Å²) in [7, 11) is 1.40. The Hall–Kier alpha value is -2.30. The number of hydrogen-bond donors (Lipinski definition) is 0. The Morgan fingerprint density at radius 1 is 1.29 bits per heavy atom. The van der Waals surface area contributed by atoms with Crippen molar-refractivity contribution >= 4 is 5.97 Å². The molecule has 1 unspecified atom stereocenters. The predicted octanol–water partition coefficient (Wildman–Crippen LogP) is 3.74. The van der Waals surface area contributed by atoms with Crippen molar-refractivity contribution in [3.05, 3.63) is 48.0 Å². The maximum atomic E-state index is 12.1. The number of esters is 1. The van der Waals surface area contributed by atoms with Crippen LogP contribution in [-0.4, -0.2) is 28.2 Å². The van der Waals surface area contributed by atoms with Gasteiger partial charge in [0.05, 0.1) is 25.7 Å². The molecule has 0 bridgehead atoms. The fourth-order valence-electron chi connectivity index (χ4n) is 4.15. The molecule has 0 amide bonds. The van der Waals surface area contributed by atoms with Gasteiger partial charge in [0.15, 0.2) is 0 Å². The van der Waals surface area contributed by atoms with Crippen LogP contribution in [0.4, 0.5) is 0 Å². The summed E-state index contributed by atoms with van der Waals surface area (Å²) in [6.07, 6.45) is 9.98. The zero-order valence-electron chi connectivity index (χ0n) is 13.9. The minimum absolute atomic E-state index is 0.0460. The van der Waals surface area contributed by atoms with Crippen molar-refractivity contribution in [2.45, 2.75) is 50.2 Å². The molecule has 1 aliphatic carbocycles. The van der Waals surface area contributed by atoms with E-state index in [2.05, 4.69) is 11.1 Å². The first kappa shape index (κ1) is 15.2. The molecule has 1 saturated carbocycles. The van der Waals surface area contributed by atoms with Gasteiger partial charge in [0.25, 0.3) is 0 Å². The lowest BCUT2D eigenvalue weighted by Gasteiger charge is -2.45. The molecule has 0 saturated heterocycles. The molecule has 0 radical (unpaired) electrons. The molecule has 2 aliphatic rings. The van der Waals surface area contributed by atoms with Gasteiger partial charge in [0.2, 0.25) is 0 Å². The smallest absolute Gasteiger partial charge is 0.356 e. The number of ether oxygens (including phenoxy) is 2. The number of hydrogen-bond acceptors (Lipinski definition) is 4. The molecule has 0 N–H and O–H groups in total. The molecular weight excluding hydrogens is 304 g/mol. The lowest BCUT2D eigenvalue weighted by Crippen LogP contribution is -2.44. The molecule has 1 spiro atoms. The summed E-state index contributed by atoms with van der Waals surface area (Å²) in [5.41, 5.74) is 1.47. The van der Waals surface area contributed by atoms with Crippen molar-refractivity contribution in [1.82, 2.24) is 9.55 Å². The van der Waals surface area contributed by atoms with E-state index in [1.54, 1.807) is 12.5 Å². The largest absolute Gasteiger partial charge is 0.487 e. The molecule has 1 aliphatic heterocycles. The monoisotopic (exact) mass is 326 g/mol. The highest BCUT2D eigenvalue weighted by molar-refractivity contribution is 5.87. The Morgan fingerprint density at radius 2 is 2.08 bits per heavy atom. The highest BCUT2D eigenvalue weighted by Gasteiger charge is 2.43. The standard InChI is InChI=1S/C19H22N2O3/c1-23-18(22)16-12-20-13-21(16)15-11-19(9-5-2-6-10-19)24-17-8-4-3-7-14(15)17/h3-4,7-8,12-13,15H,2,5-6,9-11H2,1H3. The van der Waals surface area contributed by atoms with E-state index in [9.17, 15) is 4.79 Å². The van der Waals surface area contributed by atoms with Crippen molar-refractivity contribution < 1.29 is 14.3 Å². The molecule has 24 heavy (non-hydrogen) atoms. The third kappa shape index (κ3) is 2.48. The van der Waals surface area contributed by atoms with Gasteiger partial charge in [0, 0.05) is 12.0 Å². The molecule has 5 heteroatoms. The first-order valence-corrected chi connectivity index (χ1v) is 8.60. The molecule has 5 nitrogen and oxygen atoms in total. The summed E-state index contributed by atoms with van der Waals surface area (Å²) < 4.78 is 13.3. The van der Waals surface area contributed by atoms with Crippen molar-refractivity contribution in [2.24, 2.45) is 0 Å². The second kappa shape index (κ2) is 5.96. The summed E-state index contributed by atoms with van der Waals surface area (Å²) >= 11 is 0. The number of methoxy groups -OCH3 is 1. The maximum absolute atomic E-state index is 12.1. The highest BCUT2D eigenvalue weighted by Crippen LogP contribution is 2.47. The fraction of sp³-hybridized carbons (Fsp3) is 0.474.